The molecule has 2 atom stereocenters. The van der Waals surface area contributed by atoms with Crippen LogP contribution in [-0.2, 0) is 6.42 Å². The first-order chi connectivity index (χ1) is 9.81. The molecular formula is C15H22N4O. The fourth-order valence-electron chi connectivity index (χ4n) is 3.42. The maximum Gasteiger partial charge on any atom is 0.257 e. The number of fused-ring (bicyclic) bond motifs is 2. The Morgan fingerprint density at radius 3 is 3.10 bits per heavy atom. The second kappa shape index (κ2) is 5.87. The number of aryl methyl sites for hydroxylation is 1. The van der Waals surface area contributed by atoms with E-state index in [1.165, 1.54) is 0 Å². The first kappa shape index (κ1) is 13.5. The number of aromatic nitrogens is 2. The summed E-state index contributed by atoms with van der Waals surface area (Å²) in [6.07, 6.45) is 8.36. The molecule has 1 N–H and O–H groups in total. The standard InChI is InChI=1S/C15H22N4O/c1-2-3-14-13(9-17-10-18-14)15(20)19-11-4-5-12(19)8-16-7-6-11/h9-12,16H,2-8H2,1H3/t11-,12+/m1/s1. The Morgan fingerprint density at radius 2 is 2.25 bits per heavy atom. The van der Waals surface area contributed by atoms with E-state index in [1.54, 1.807) is 12.5 Å². The molecule has 0 saturated carbocycles. The van der Waals surface area contributed by atoms with Gasteiger partial charge < -0.3 is 10.2 Å². The summed E-state index contributed by atoms with van der Waals surface area (Å²) in [6, 6.07) is 0.724. The van der Waals surface area contributed by atoms with Crippen molar-refractivity contribution in [1.82, 2.24) is 20.2 Å². The van der Waals surface area contributed by atoms with Gasteiger partial charge >= 0.3 is 0 Å². The van der Waals surface area contributed by atoms with Crippen molar-refractivity contribution < 1.29 is 4.79 Å². The summed E-state index contributed by atoms with van der Waals surface area (Å²) in [5, 5.41) is 3.43. The van der Waals surface area contributed by atoms with Gasteiger partial charge in [-0.2, -0.15) is 0 Å². The van der Waals surface area contributed by atoms with Gasteiger partial charge in [-0.25, -0.2) is 9.97 Å². The van der Waals surface area contributed by atoms with Gasteiger partial charge in [-0.1, -0.05) is 13.3 Å². The third-order valence-corrected chi connectivity index (χ3v) is 4.40. The Bertz CT molecular complexity index is 477. The lowest BCUT2D eigenvalue weighted by Gasteiger charge is -2.28. The van der Waals surface area contributed by atoms with Gasteiger partial charge in [0.2, 0.25) is 0 Å². The second-order valence-electron chi connectivity index (χ2n) is 5.72. The van der Waals surface area contributed by atoms with Crippen LogP contribution in [0, 0.1) is 0 Å². The van der Waals surface area contributed by atoms with Crippen LogP contribution in [0.2, 0.25) is 0 Å². The molecular weight excluding hydrogens is 252 g/mol. The predicted octanol–water partition coefficient (Wildman–Crippen LogP) is 1.40. The predicted molar refractivity (Wildman–Crippen MR) is 76.5 cm³/mol. The minimum absolute atomic E-state index is 0.130. The van der Waals surface area contributed by atoms with Crippen molar-refractivity contribution in [2.24, 2.45) is 0 Å². The molecule has 0 spiro atoms. The van der Waals surface area contributed by atoms with Crippen molar-refractivity contribution >= 4 is 5.91 Å². The highest BCUT2D eigenvalue weighted by Gasteiger charge is 2.38. The molecule has 2 saturated heterocycles. The van der Waals surface area contributed by atoms with E-state index in [2.05, 4.69) is 27.1 Å². The lowest BCUT2D eigenvalue weighted by atomic mass is 10.1. The Kier molecular flexibility index (Phi) is 3.96. The number of carbonyl (C=O) groups is 1. The molecule has 2 aliphatic rings. The highest BCUT2D eigenvalue weighted by atomic mass is 16.2. The molecule has 1 aromatic rings. The number of amides is 1. The molecule has 1 aromatic heterocycles. The molecule has 2 fully saturated rings. The number of rotatable bonds is 3. The van der Waals surface area contributed by atoms with Crippen LogP contribution < -0.4 is 5.32 Å². The molecule has 0 aliphatic carbocycles. The van der Waals surface area contributed by atoms with E-state index in [0.29, 0.717) is 17.6 Å². The van der Waals surface area contributed by atoms with Crippen LogP contribution in [0.15, 0.2) is 12.5 Å². The number of carbonyl (C=O) groups excluding carboxylic acids is 1. The maximum atomic E-state index is 12.9. The van der Waals surface area contributed by atoms with E-state index in [1.807, 2.05) is 0 Å². The third-order valence-electron chi connectivity index (χ3n) is 4.40. The average Bonchev–Trinajstić information content (AvgIpc) is 2.72. The molecule has 2 bridgehead atoms. The summed E-state index contributed by atoms with van der Waals surface area (Å²) in [5.74, 6) is 0.130. The largest absolute Gasteiger partial charge is 0.331 e. The SMILES string of the molecule is CCCc1ncncc1C(=O)N1[C@H]2CCNC[C@@H]1CC2. The van der Waals surface area contributed by atoms with Crippen LogP contribution in [0.5, 0.6) is 0 Å². The minimum atomic E-state index is 0.130. The van der Waals surface area contributed by atoms with E-state index in [9.17, 15) is 4.79 Å². The molecule has 1 amide bonds. The van der Waals surface area contributed by atoms with Crippen LogP contribution in [0.4, 0.5) is 0 Å². The normalized spacial score (nSPS) is 25.6. The molecule has 0 aromatic carbocycles. The first-order valence-electron chi connectivity index (χ1n) is 7.63. The van der Waals surface area contributed by atoms with Gasteiger partial charge in [-0.15, -0.1) is 0 Å². The molecule has 5 nitrogen and oxygen atoms in total. The lowest BCUT2D eigenvalue weighted by molar-refractivity contribution is 0.0678. The summed E-state index contributed by atoms with van der Waals surface area (Å²) in [5.41, 5.74) is 1.59. The smallest absolute Gasteiger partial charge is 0.257 e. The zero-order valence-corrected chi connectivity index (χ0v) is 12.0. The molecule has 3 rings (SSSR count). The summed E-state index contributed by atoms with van der Waals surface area (Å²) in [7, 11) is 0. The van der Waals surface area contributed by atoms with Crippen LogP contribution in [0.25, 0.3) is 0 Å². The van der Waals surface area contributed by atoms with E-state index in [4.69, 9.17) is 0 Å². The summed E-state index contributed by atoms with van der Waals surface area (Å²) < 4.78 is 0. The highest BCUT2D eigenvalue weighted by Crippen LogP contribution is 2.29. The average molecular weight is 274 g/mol. The van der Waals surface area contributed by atoms with Crippen molar-refractivity contribution in [2.45, 2.75) is 51.1 Å². The number of hydrogen-bond acceptors (Lipinski definition) is 4. The summed E-state index contributed by atoms with van der Waals surface area (Å²) in [6.45, 7) is 4.03. The van der Waals surface area contributed by atoms with Crippen molar-refractivity contribution in [1.29, 1.82) is 0 Å². The Hall–Kier alpha value is -1.49. The quantitative estimate of drug-likeness (QED) is 0.905. The van der Waals surface area contributed by atoms with Gasteiger partial charge in [0, 0.05) is 24.8 Å². The Balaban J connectivity index is 1.88. The number of nitrogens with one attached hydrogen (secondary N) is 1. The van der Waals surface area contributed by atoms with E-state index >= 15 is 0 Å². The fourth-order valence-corrected chi connectivity index (χ4v) is 3.42. The molecule has 5 heteroatoms. The Morgan fingerprint density at radius 1 is 1.40 bits per heavy atom. The highest BCUT2D eigenvalue weighted by molar-refractivity contribution is 5.95. The third kappa shape index (κ3) is 2.42. The number of nitrogens with zero attached hydrogens (tertiary/aromatic N) is 3. The van der Waals surface area contributed by atoms with Crippen LogP contribution in [-0.4, -0.2) is 45.9 Å². The fraction of sp³-hybridized carbons (Fsp3) is 0.667. The van der Waals surface area contributed by atoms with Crippen molar-refractivity contribution in [3.8, 4) is 0 Å². The van der Waals surface area contributed by atoms with Crippen LogP contribution in [0.3, 0.4) is 0 Å². The van der Waals surface area contributed by atoms with E-state index < -0.39 is 0 Å². The zero-order chi connectivity index (χ0) is 13.9. The van der Waals surface area contributed by atoms with Gasteiger partial charge in [-0.05, 0) is 32.2 Å². The lowest BCUT2D eigenvalue weighted by Crippen LogP contribution is -2.43. The zero-order valence-electron chi connectivity index (χ0n) is 12.0. The maximum absolute atomic E-state index is 12.9. The first-order valence-corrected chi connectivity index (χ1v) is 7.63. The molecule has 3 heterocycles. The van der Waals surface area contributed by atoms with Gasteiger partial charge in [0.15, 0.2) is 0 Å². The van der Waals surface area contributed by atoms with Crippen molar-refractivity contribution in [3.63, 3.8) is 0 Å². The van der Waals surface area contributed by atoms with Gasteiger partial charge in [0.1, 0.15) is 6.33 Å². The minimum Gasteiger partial charge on any atom is -0.331 e. The molecule has 0 unspecified atom stereocenters. The van der Waals surface area contributed by atoms with Gasteiger partial charge in [0.05, 0.1) is 11.3 Å². The summed E-state index contributed by atoms with van der Waals surface area (Å²) in [4.78, 5) is 23.4. The molecule has 20 heavy (non-hydrogen) atoms. The van der Waals surface area contributed by atoms with Crippen LogP contribution in [0.1, 0.15) is 48.7 Å². The molecule has 108 valence electrons. The monoisotopic (exact) mass is 274 g/mol. The summed E-state index contributed by atoms with van der Waals surface area (Å²) >= 11 is 0. The topological polar surface area (TPSA) is 58.1 Å². The van der Waals surface area contributed by atoms with E-state index in [0.717, 1.165) is 50.9 Å². The van der Waals surface area contributed by atoms with Crippen molar-refractivity contribution in [2.75, 3.05) is 13.1 Å². The van der Waals surface area contributed by atoms with Crippen molar-refractivity contribution in [3.05, 3.63) is 23.8 Å². The second-order valence-corrected chi connectivity index (χ2v) is 5.72. The van der Waals surface area contributed by atoms with Gasteiger partial charge in [0.25, 0.3) is 5.91 Å². The molecule has 2 aliphatic heterocycles. The van der Waals surface area contributed by atoms with Crippen LogP contribution >= 0.6 is 0 Å². The van der Waals surface area contributed by atoms with E-state index in [-0.39, 0.29) is 5.91 Å². The van der Waals surface area contributed by atoms with Gasteiger partial charge in [-0.3, -0.25) is 4.79 Å². The number of hydrogen-bond donors (Lipinski definition) is 1. The Labute approximate surface area is 119 Å². The molecule has 0 radical (unpaired) electrons.